The highest BCUT2D eigenvalue weighted by atomic mass is 16.2. The zero-order chi connectivity index (χ0) is 17.7. The van der Waals surface area contributed by atoms with Gasteiger partial charge in [0.15, 0.2) is 11.3 Å². The second-order valence-corrected chi connectivity index (χ2v) is 6.54. The van der Waals surface area contributed by atoms with E-state index in [1.807, 2.05) is 6.92 Å². The van der Waals surface area contributed by atoms with Gasteiger partial charge in [-0.2, -0.15) is 0 Å². The van der Waals surface area contributed by atoms with Crippen LogP contribution in [-0.2, 0) is 9.59 Å². The van der Waals surface area contributed by atoms with Crippen LogP contribution in [0.1, 0.15) is 40.5 Å². The molecule has 8 heteroatoms. The van der Waals surface area contributed by atoms with E-state index < -0.39 is 29.2 Å². The quantitative estimate of drug-likeness (QED) is 0.780. The highest BCUT2D eigenvalue weighted by Gasteiger charge is 2.71. The SMILES string of the molecule is CCCC(=O)[C@H](C)C(=O)N1C(=O)N(C)[C@]2(C)N(C)C(=O)N[C@]12C. The van der Waals surface area contributed by atoms with Crippen LogP contribution in [0.15, 0.2) is 0 Å². The molecule has 0 aromatic carbocycles. The third-order valence-electron chi connectivity index (χ3n) is 5.38. The number of urea groups is 2. The zero-order valence-electron chi connectivity index (χ0n) is 14.5. The number of ketones is 1. The largest absolute Gasteiger partial charge is 0.330 e. The average molecular weight is 324 g/mol. The van der Waals surface area contributed by atoms with E-state index in [0.29, 0.717) is 6.42 Å². The number of rotatable bonds is 4. The van der Waals surface area contributed by atoms with E-state index in [2.05, 4.69) is 5.32 Å². The first kappa shape index (κ1) is 17.2. The minimum atomic E-state index is -1.23. The number of nitrogens with one attached hydrogen (secondary N) is 1. The number of imide groups is 1. The first-order valence-corrected chi connectivity index (χ1v) is 7.74. The van der Waals surface area contributed by atoms with Crippen molar-refractivity contribution in [2.45, 2.75) is 51.9 Å². The molecular weight excluding hydrogens is 300 g/mol. The predicted octanol–water partition coefficient (Wildman–Crippen LogP) is 0.973. The highest BCUT2D eigenvalue weighted by Crippen LogP contribution is 2.45. The van der Waals surface area contributed by atoms with Crippen LogP contribution in [0.25, 0.3) is 0 Å². The van der Waals surface area contributed by atoms with Crippen LogP contribution in [0.2, 0.25) is 0 Å². The van der Waals surface area contributed by atoms with E-state index in [1.54, 1.807) is 27.9 Å². The van der Waals surface area contributed by atoms with Gasteiger partial charge in [0.2, 0.25) is 5.91 Å². The number of Topliss-reactive ketones (excluding diaryl/α,β-unsaturated/α-hetero) is 1. The third kappa shape index (κ3) is 1.96. The summed E-state index contributed by atoms with van der Waals surface area (Å²) in [6.07, 6.45) is 0.920. The van der Waals surface area contributed by atoms with Gasteiger partial charge in [0.05, 0.1) is 5.92 Å². The van der Waals surface area contributed by atoms with Gasteiger partial charge in [-0.15, -0.1) is 0 Å². The summed E-state index contributed by atoms with van der Waals surface area (Å²) in [5.41, 5.74) is -2.26. The summed E-state index contributed by atoms with van der Waals surface area (Å²) in [5, 5.41) is 2.72. The lowest BCUT2D eigenvalue weighted by Gasteiger charge is -2.41. The molecule has 0 radical (unpaired) electrons. The van der Waals surface area contributed by atoms with Gasteiger partial charge in [-0.25, -0.2) is 14.5 Å². The molecule has 0 aliphatic carbocycles. The molecular formula is C15H24N4O4. The maximum atomic E-state index is 12.8. The molecule has 3 atom stereocenters. The monoisotopic (exact) mass is 324 g/mol. The Hall–Kier alpha value is -2.12. The summed E-state index contributed by atoms with van der Waals surface area (Å²) >= 11 is 0. The minimum Gasteiger partial charge on any atom is -0.311 e. The lowest BCUT2D eigenvalue weighted by atomic mass is 9.94. The van der Waals surface area contributed by atoms with Crippen LogP contribution < -0.4 is 5.32 Å². The summed E-state index contributed by atoms with van der Waals surface area (Å²) in [6, 6.07) is -0.900. The van der Waals surface area contributed by atoms with Crippen molar-refractivity contribution in [1.82, 2.24) is 20.0 Å². The molecule has 23 heavy (non-hydrogen) atoms. The molecule has 0 aromatic heterocycles. The van der Waals surface area contributed by atoms with Gasteiger partial charge in [0.25, 0.3) is 0 Å². The molecule has 1 N–H and O–H groups in total. The van der Waals surface area contributed by atoms with E-state index >= 15 is 0 Å². The minimum absolute atomic E-state index is 0.206. The fraction of sp³-hybridized carbons (Fsp3) is 0.733. The van der Waals surface area contributed by atoms with Crippen molar-refractivity contribution in [3.05, 3.63) is 0 Å². The lowest BCUT2D eigenvalue weighted by molar-refractivity contribution is -0.142. The summed E-state index contributed by atoms with van der Waals surface area (Å²) in [7, 11) is 3.12. The maximum Gasteiger partial charge on any atom is 0.330 e. The van der Waals surface area contributed by atoms with E-state index in [4.69, 9.17) is 0 Å². The molecule has 2 aliphatic heterocycles. The highest BCUT2D eigenvalue weighted by molar-refractivity contribution is 6.09. The van der Waals surface area contributed by atoms with Crippen LogP contribution in [-0.4, -0.2) is 63.9 Å². The number of fused-ring (bicyclic) bond motifs is 1. The number of nitrogens with zero attached hydrogens (tertiary/aromatic N) is 3. The second-order valence-electron chi connectivity index (χ2n) is 6.54. The molecule has 8 nitrogen and oxygen atoms in total. The van der Waals surface area contributed by atoms with Crippen molar-refractivity contribution >= 4 is 23.8 Å². The van der Waals surface area contributed by atoms with Crippen molar-refractivity contribution < 1.29 is 19.2 Å². The third-order valence-corrected chi connectivity index (χ3v) is 5.38. The van der Waals surface area contributed by atoms with E-state index in [1.165, 1.54) is 16.7 Å². The fourth-order valence-corrected chi connectivity index (χ4v) is 3.39. The summed E-state index contributed by atoms with van der Waals surface area (Å²) in [4.78, 5) is 53.4. The predicted molar refractivity (Wildman–Crippen MR) is 82.2 cm³/mol. The number of likely N-dealkylation sites (N-methyl/N-ethyl adjacent to an activating group) is 2. The van der Waals surface area contributed by atoms with E-state index in [-0.39, 0.29) is 18.2 Å². The van der Waals surface area contributed by atoms with Crippen molar-refractivity contribution in [3.63, 3.8) is 0 Å². The Morgan fingerprint density at radius 1 is 1.17 bits per heavy atom. The Bertz CT molecular complexity index is 592. The topological polar surface area (TPSA) is 90.0 Å². The van der Waals surface area contributed by atoms with E-state index in [9.17, 15) is 19.2 Å². The number of amides is 5. The molecule has 2 fully saturated rings. The molecule has 0 aromatic rings. The first-order chi connectivity index (χ1) is 10.5. The average Bonchev–Trinajstić information content (AvgIpc) is 2.75. The normalized spacial score (nSPS) is 31.3. The van der Waals surface area contributed by atoms with Crippen LogP contribution in [0.3, 0.4) is 0 Å². The van der Waals surface area contributed by atoms with E-state index in [0.717, 1.165) is 4.90 Å². The standard InChI is InChI=1S/C15H24N4O4/c1-7-8-10(20)9(2)11(21)19-13(23)18(6)15(4)14(19,3)16-12(22)17(15)5/h9H,7-8H2,1-6H3,(H,16,22)/t9-,14+,15-/m0/s1. The molecule has 0 unspecified atom stereocenters. The molecule has 0 bridgehead atoms. The molecule has 0 saturated carbocycles. The Kier molecular flexibility index (Phi) is 3.90. The van der Waals surface area contributed by atoms with Crippen LogP contribution >= 0.6 is 0 Å². The summed E-state index contributed by atoms with van der Waals surface area (Å²) in [5.74, 6) is -1.71. The van der Waals surface area contributed by atoms with Gasteiger partial charge < -0.3 is 15.1 Å². The van der Waals surface area contributed by atoms with Gasteiger partial charge in [0.1, 0.15) is 5.78 Å². The number of hydrogen-bond donors (Lipinski definition) is 1. The smallest absolute Gasteiger partial charge is 0.311 e. The number of carbonyl (C=O) groups excluding carboxylic acids is 4. The Labute approximate surface area is 135 Å². The summed E-state index contributed by atoms with van der Waals surface area (Å²) < 4.78 is 0. The summed E-state index contributed by atoms with van der Waals surface area (Å²) in [6.45, 7) is 6.71. The Morgan fingerprint density at radius 2 is 1.74 bits per heavy atom. The lowest BCUT2D eigenvalue weighted by Crippen LogP contribution is -2.64. The first-order valence-electron chi connectivity index (χ1n) is 7.74. The molecule has 2 rings (SSSR count). The van der Waals surface area contributed by atoms with Crippen molar-refractivity contribution in [1.29, 1.82) is 0 Å². The zero-order valence-corrected chi connectivity index (χ0v) is 14.5. The Morgan fingerprint density at radius 3 is 2.26 bits per heavy atom. The van der Waals surface area contributed by atoms with Crippen molar-refractivity contribution in [2.75, 3.05) is 14.1 Å². The molecule has 2 saturated heterocycles. The van der Waals surface area contributed by atoms with Gasteiger partial charge in [-0.3, -0.25) is 9.59 Å². The number of carbonyl (C=O) groups is 4. The van der Waals surface area contributed by atoms with Gasteiger partial charge in [0, 0.05) is 20.5 Å². The maximum absolute atomic E-state index is 12.8. The second kappa shape index (κ2) is 5.21. The fourth-order valence-electron chi connectivity index (χ4n) is 3.39. The van der Waals surface area contributed by atoms with Crippen molar-refractivity contribution in [2.24, 2.45) is 5.92 Å². The Balaban J connectivity index is 2.43. The van der Waals surface area contributed by atoms with Gasteiger partial charge in [-0.1, -0.05) is 6.92 Å². The molecule has 2 aliphatic rings. The van der Waals surface area contributed by atoms with Gasteiger partial charge >= 0.3 is 12.1 Å². The molecule has 2 heterocycles. The van der Waals surface area contributed by atoms with Crippen molar-refractivity contribution in [3.8, 4) is 0 Å². The van der Waals surface area contributed by atoms with Crippen LogP contribution in [0.4, 0.5) is 9.59 Å². The number of hydrogen-bond acceptors (Lipinski definition) is 4. The van der Waals surface area contributed by atoms with Gasteiger partial charge in [-0.05, 0) is 27.2 Å². The molecule has 0 spiro atoms. The van der Waals surface area contributed by atoms with Crippen LogP contribution in [0.5, 0.6) is 0 Å². The molecule has 5 amide bonds. The van der Waals surface area contributed by atoms with Crippen LogP contribution in [0, 0.1) is 5.92 Å². The molecule has 128 valence electrons.